The Morgan fingerprint density at radius 3 is 2.90 bits per heavy atom. The average molecular weight is 292 g/mol. The van der Waals surface area contributed by atoms with E-state index in [0.29, 0.717) is 29.2 Å². The molecule has 0 spiro atoms. The smallest absolute Gasteiger partial charge is 0.258 e. The number of aromatic amines is 1. The molecule has 2 rings (SSSR count). The summed E-state index contributed by atoms with van der Waals surface area (Å²) < 4.78 is 18.5. The Kier molecular flexibility index (Phi) is 4.42. The van der Waals surface area contributed by atoms with E-state index in [1.807, 2.05) is 0 Å². The molecule has 0 fully saturated rings. The molecule has 0 atom stereocenters. The Hall–Kier alpha value is -2.57. The van der Waals surface area contributed by atoms with Crippen LogP contribution >= 0.6 is 0 Å². The van der Waals surface area contributed by atoms with Crippen molar-refractivity contribution in [2.24, 2.45) is 0 Å². The molecule has 21 heavy (non-hydrogen) atoms. The standard InChI is InChI=1S/C14H17FN4O2/c1-19(2)14(20)11-8-17-18-13(11)16-7-9-6-10(15)4-5-12(9)21-3/h4-6,8H,7H2,1-3H3,(H2,16,17,18). The Morgan fingerprint density at radius 1 is 1.48 bits per heavy atom. The van der Waals surface area contributed by atoms with E-state index in [1.54, 1.807) is 20.2 Å². The van der Waals surface area contributed by atoms with Crippen molar-refractivity contribution in [1.29, 1.82) is 0 Å². The lowest BCUT2D eigenvalue weighted by atomic mass is 10.2. The molecular weight excluding hydrogens is 275 g/mol. The van der Waals surface area contributed by atoms with Crippen LogP contribution in [0.2, 0.25) is 0 Å². The van der Waals surface area contributed by atoms with Crippen LogP contribution in [-0.2, 0) is 6.54 Å². The molecule has 6 nitrogen and oxygen atoms in total. The first kappa shape index (κ1) is 14.8. The fraction of sp³-hybridized carbons (Fsp3) is 0.286. The van der Waals surface area contributed by atoms with Gasteiger partial charge in [0.05, 0.1) is 13.3 Å². The highest BCUT2D eigenvalue weighted by molar-refractivity contribution is 5.98. The summed E-state index contributed by atoms with van der Waals surface area (Å²) in [6, 6.07) is 4.28. The quantitative estimate of drug-likeness (QED) is 0.882. The number of ether oxygens (including phenoxy) is 1. The van der Waals surface area contributed by atoms with Crippen molar-refractivity contribution in [3.63, 3.8) is 0 Å². The number of hydrogen-bond donors (Lipinski definition) is 2. The highest BCUT2D eigenvalue weighted by Crippen LogP contribution is 2.21. The number of rotatable bonds is 5. The fourth-order valence-electron chi connectivity index (χ4n) is 1.89. The molecule has 2 aromatic rings. The zero-order chi connectivity index (χ0) is 15.4. The van der Waals surface area contributed by atoms with E-state index in [0.717, 1.165) is 0 Å². The van der Waals surface area contributed by atoms with E-state index < -0.39 is 0 Å². The van der Waals surface area contributed by atoms with Gasteiger partial charge in [0.25, 0.3) is 5.91 Å². The van der Waals surface area contributed by atoms with Gasteiger partial charge in [0, 0.05) is 26.2 Å². The van der Waals surface area contributed by atoms with Crippen molar-refractivity contribution in [1.82, 2.24) is 15.1 Å². The molecule has 1 aromatic carbocycles. The summed E-state index contributed by atoms with van der Waals surface area (Å²) >= 11 is 0. The molecule has 0 radical (unpaired) electrons. The maximum atomic E-state index is 13.3. The van der Waals surface area contributed by atoms with Crippen molar-refractivity contribution < 1.29 is 13.9 Å². The van der Waals surface area contributed by atoms with Gasteiger partial charge in [-0.3, -0.25) is 9.89 Å². The zero-order valence-electron chi connectivity index (χ0n) is 12.1. The summed E-state index contributed by atoms with van der Waals surface area (Å²) in [6.45, 7) is 0.302. The van der Waals surface area contributed by atoms with Gasteiger partial charge in [-0.1, -0.05) is 0 Å². The van der Waals surface area contributed by atoms with E-state index in [2.05, 4.69) is 15.5 Å². The maximum Gasteiger partial charge on any atom is 0.258 e. The predicted molar refractivity (Wildman–Crippen MR) is 76.9 cm³/mol. The van der Waals surface area contributed by atoms with Crippen molar-refractivity contribution in [3.05, 3.63) is 41.3 Å². The molecule has 0 unspecified atom stereocenters. The normalized spacial score (nSPS) is 10.3. The van der Waals surface area contributed by atoms with Gasteiger partial charge in [-0.25, -0.2) is 4.39 Å². The maximum absolute atomic E-state index is 13.3. The number of anilines is 1. The molecule has 0 bridgehead atoms. The Bertz CT molecular complexity index is 640. The summed E-state index contributed by atoms with van der Waals surface area (Å²) in [5.74, 6) is 0.545. The van der Waals surface area contributed by atoms with Gasteiger partial charge in [0.2, 0.25) is 0 Å². The lowest BCUT2D eigenvalue weighted by molar-refractivity contribution is 0.0828. The molecule has 0 saturated carbocycles. The minimum Gasteiger partial charge on any atom is -0.496 e. The van der Waals surface area contributed by atoms with Crippen molar-refractivity contribution >= 4 is 11.7 Å². The number of methoxy groups -OCH3 is 1. The largest absolute Gasteiger partial charge is 0.496 e. The second-order valence-electron chi connectivity index (χ2n) is 4.67. The van der Waals surface area contributed by atoms with Gasteiger partial charge in [-0.15, -0.1) is 0 Å². The molecule has 0 saturated heterocycles. The number of benzene rings is 1. The van der Waals surface area contributed by atoms with Gasteiger partial charge in [0.15, 0.2) is 0 Å². The molecule has 1 heterocycles. The highest BCUT2D eigenvalue weighted by atomic mass is 19.1. The average Bonchev–Trinajstić information content (AvgIpc) is 2.92. The number of H-pyrrole nitrogens is 1. The summed E-state index contributed by atoms with van der Waals surface area (Å²) in [6.07, 6.45) is 1.45. The number of halogens is 1. The van der Waals surface area contributed by atoms with E-state index in [1.165, 1.54) is 30.3 Å². The van der Waals surface area contributed by atoms with Gasteiger partial charge in [-0.05, 0) is 18.2 Å². The van der Waals surface area contributed by atoms with Crippen molar-refractivity contribution in [2.45, 2.75) is 6.54 Å². The molecule has 7 heteroatoms. The second kappa shape index (κ2) is 6.25. The lowest BCUT2D eigenvalue weighted by Gasteiger charge is -2.12. The minimum absolute atomic E-state index is 0.169. The predicted octanol–water partition coefficient (Wildman–Crippen LogP) is 1.87. The van der Waals surface area contributed by atoms with Gasteiger partial charge in [0.1, 0.15) is 22.9 Å². The number of nitrogens with zero attached hydrogens (tertiary/aromatic N) is 2. The monoisotopic (exact) mass is 292 g/mol. The van der Waals surface area contributed by atoms with Crippen LogP contribution in [0.1, 0.15) is 15.9 Å². The van der Waals surface area contributed by atoms with Crippen molar-refractivity contribution in [2.75, 3.05) is 26.5 Å². The third-order valence-corrected chi connectivity index (χ3v) is 2.97. The number of nitrogens with one attached hydrogen (secondary N) is 2. The van der Waals surface area contributed by atoms with Crippen LogP contribution in [0.25, 0.3) is 0 Å². The molecule has 0 aliphatic carbocycles. The van der Waals surface area contributed by atoms with E-state index in [4.69, 9.17) is 4.74 Å². The van der Waals surface area contributed by atoms with Crippen LogP contribution in [0.5, 0.6) is 5.75 Å². The number of aromatic nitrogens is 2. The first-order valence-electron chi connectivity index (χ1n) is 6.34. The number of hydrogen-bond acceptors (Lipinski definition) is 4. The number of amides is 1. The molecule has 2 N–H and O–H groups in total. The van der Waals surface area contributed by atoms with Crippen LogP contribution in [0, 0.1) is 5.82 Å². The topological polar surface area (TPSA) is 70.2 Å². The Morgan fingerprint density at radius 2 is 2.24 bits per heavy atom. The van der Waals surface area contributed by atoms with Crippen LogP contribution in [0.3, 0.4) is 0 Å². The molecule has 0 aliphatic rings. The first-order valence-corrected chi connectivity index (χ1v) is 6.34. The summed E-state index contributed by atoms with van der Waals surface area (Å²) in [7, 11) is 4.84. The van der Waals surface area contributed by atoms with Gasteiger partial charge >= 0.3 is 0 Å². The molecule has 1 amide bonds. The third kappa shape index (κ3) is 3.31. The fourth-order valence-corrected chi connectivity index (χ4v) is 1.89. The summed E-state index contributed by atoms with van der Waals surface area (Å²) in [5, 5.41) is 9.61. The number of carbonyl (C=O) groups is 1. The summed E-state index contributed by atoms with van der Waals surface area (Å²) in [5.41, 5.74) is 1.07. The summed E-state index contributed by atoms with van der Waals surface area (Å²) in [4.78, 5) is 13.4. The molecular formula is C14H17FN4O2. The van der Waals surface area contributed by atoms with E-state index >= 15 is 0 Å². The minimum atomic E-state index is -0.346. The van der Waals surface area contributed by atoms with Gasteiger partial charge < -0.3 is 15.0 Å². The SMILES string of the molecule is COc1ccc(F)cc1CNc1[nH]ncc1C(=O)N(C)C. The van der Waals surface area contributed by atoms with E-state index in [-0.39, 0.29) is 11.7 Å². The van der Waals surface area contributed by atoms with Crippen LogP contribution in [0.15, 0.2) is 24.4 Å². The van der Waals surface area contributed by atoms with Gasteiger partial charge in [-0.2, -0.15) is 5.10 Å². The zero-order valence-corrected chi connectivity index (χ0v) is 12.1. The lowest BCUT2D eigenvalue weighted by Crippen LogP contribution is -2.22. The second-order valence-corrected chi connectivity index (χ2v) is 4.67. The van der Waals surface area contributed by atoms with Crippen LogP contribution in [-0.4, -0.2) is 42.2 Å². The molecule has 0 aliphatic heterocycles. The van der Waals surface area contributed by atoms with Crippen LogP contribution in [0.4, 0.5) is 10.2 Å². The van der Waals surface area contributed by atoms with E-state index in [9.17, 15) is 9.18 Å². The highest BCUT2D eigenvalue weighted by Gasteiger charge is 2.15. The molecule has 1 aromatic heterocycles. The third-order valence-electron chi connectivity index (χ3n) is 2.97. The molecule has 112 valence electrons. The number of carbonyl (C=O) groups excluding carboxylic acids is 1. The van der Waals surface area contributed by atoms with Crippen molar-refractivity contribution in [3.8, 4) is 5.75 Å². The van der Waals surface area contributed by atoms with Crippen LogP contribution < -0.4 is 10.1 Å². The first-order chi connectivity index (χ1) is 10.0. The Labute approximate surface area is 121 Å². The Balaban J connectivity index is 2.16.